The molecule has 4 aromatic rings. The molecule has 0 bridgehead atoms. The standard InChI is InChI=1S/C25H26N4O3S3/c1-4-11-29-22(17-12-18(5-2)33-13-17)27-28-25(29)35-15-20(30)26-23-21(24(31)32-3)19(14-34-23)16-9-7-6-8-10-16/h6-10,12-14H,4-5,11,15H2,1-3H3,(H,26,30). The van der Waals surface area contributed by atoms with E-state index in [0.29, 0.717) is 15.7 Å². The summed E-state index contributed by atoms with van der Waals surface area (Å²) < 4.78 is 7.06. The minimum absolute atomic E-state index is 0.144. The van der Waals surface area contributed by atoms with Crippen LogP contribution in [-0.2, 0) is 22.5 Å². The second kappa shape index (κ2) is 11.7. The summed E-state index contributed by atoms with van der Waals surface area (Å²) in [5.74, 6) is 0.260. The molecule has 3 heterocycles. The van der Waals surface area contributed by atoms with Crippen LogP contribution >= 0.6 is 34.4 Å². The zero-order valence-corrected chi connectivity index (χ0v) is 22.2. The molecule has 0 aliphatic carbocycles. The Hall–Kier alpha value is -2.95. The maximum atomic E-state index is 12.8. The third-order valence-electron chi connectivity index (χ3n) is 5.28. The maximum absolute atomic E-state index is 12.8. The van der Waals surface area contributed by atoms with Crippen molar-refractivity contribution in [2.45, 2.75) is 38.4 Å². The Morgan fingerprint density at radius 1 is 1.09 bits per heavy atom. The van der Waals surface area contributed by atoms with E-state index in [4.69, 9.17) is 4.74 Å². The van der Waals surface area contributed by atoms with Crippen molar-refractivity contribution >= 4 is 51.3 Å². The molecule has 0 saturated carbocycles. The lowest BCUT2D eigenvalue weighted by Gasteiger charge is -2.09. The average molecular weight is 527 g/mol. The Morgan fingerprint density at radius 2 is 1.89 bits per heavy atom. The minimum atomic E-state index is -0.484. The van der Waals surface area contributed by atoms with E-state index in [9.17, 15) is 9.59 Å². The van der Waals surface area contributed by atoms with Gasteiger partial charge in [-0.25, -0.2) is 4.79 Å². The van der Waals surface area contributed by atoms with Crippen LogP contribution in [0.25, 0.3) is 22.5 Å². The number of benzene rings is 1. The van der Waals surface area contributed by atoms with E-state index in [1.165, 1.54) is 35.1 Å². The van der Waals surface area contributed by atoms with E-state index in [2.05, 4.69) is 45.4 Å². The van der Waals surface area contributed by atoms with Crippen molar-refractivity contribution in [3.63, 3.8) is 0 Å². The van der Waals surface area contributed by atoms with Crippen LogP contribution in [0.2, 0.25) is 0 Å². The second-order valence-electron chi connectivity index (χ2n) is 7.66. The quantitative estimate of drug-likeness (QED) is 0.195. The van der Waals surface area contributed by atoms with Crippen LogP contribution in [0.3, 0.4) is 0 Å². The van der Waals surface area contributed by atoms with Gasteiger partial charge in [0, 0.05) is 33.3 Å². The van der Waals surface area contributed by atoms with E-state index >= 15 is 0 Å². The number of hydrogen-bond acceptors (Lipinski definition) is 8. The Bertz CT molecular complexity index is 1310. The topological polar surface area (TPSA) is 86.1 Å². The monoisotopic (exact) mass is 526 g/mol. The van der Waals surface area contributed by atoms with Gasteiger partial charge >= 0.3 is 5.97 Å². The first-order valence-electron chi connectivity index (χ1n) is 11.2. The highest BCUT2D eigenvalue weighted by atomic mass is 32.2. The molecule has 0 aliphatic rings. The van der Waals surface area contributed by atoms with Gasteiger partial charge in [0.05, 0.1) is 12.9 Å². The number of aromatic nitrogens is 3. The molecular formula is C25H26N4O3S3. The fourth-order valence-electron chi connectivity index (χ4n) is 3.60. The number of carbonyl (C=O) groups excluding carboxylic acids is 2. The molecule has 0 aliphatic heterocycles. The largest absolute Gasteiger partial charge is 0.465 e. The van der Waals surface area contributed by atoms with Gasteiger partial charge in [-0.1, -0.05) is 55.9 Å². The van der Waals surface area contributed by atoms with E-state index < -0.39 is 5.97 Å². The maximum Gasteiger partial charge on any atom is 0.341 e. The van der Waals surface area contributed by atoms with Crippen molar-refractivity contribution in [2.24, 2.45) is 0 Å². The van der Waals surface area contributed by atoms with Crippen molar-refractivity contribution in [2.75, 3.05) is 18.2 Å². The van der Waals surface area contributed by atoms with Crippen LogP contribution < -0.4 is 5.32 Å². The molecule has 182 valence electrons. The molecule has 35 heavy (non-hydrogen) atoms. The summed E-state index contributed by atoms with van der Waals surface area (Å²) in [5, 5.41) is 16.8. The Labute approximate surface area is 216 Å². The minimum Gasteiger partial charge on any atom is -0.465 e. The summed E-state index contributed by atoms with van der Waals surface area (Å²) in [6, 6.07) is 11.7. The number of rotatable bonds is 10. The normalized spacial score (nSPS) is 10.9. The molecule has 1 aromatic carbocycles. The summed E-state index contributed by atoms with van der Waals surface area (Å²) in [5.41, 5.74) is 3.04. The number of nitrogens with one attached hydrogen (secondary N) is 1. The number of methoxy groups -OCH3 is 1. The molecule has 0 fully saturated rings. The number of hydrogen-bond donors (Lipinski definition) is 1. The van der Waals surface area contributed by atoms with Gasteiger partial charge in [-0.3, -0.25) is 4.79 Å². The molecule has 0 unspecified atom stereocenters. The molecule has 1 amide bonds. The molecule has 3 aromatic heterocycles. The van der Waals surface area contributed by atoms with E-state index in [0.717, 1.165) is 41.9 Å². The highest BCUT2D eigenvalue weighted by molar-refractivity contribution is 7.99. The number of carbonyl (C=O) groups is 2. The fraction of sp³-hybridized carbons (Fsp3) is 0.280. The van der Waals surface area contributed by atoms with Crippen LogP contribution in [0, 0.1) is 0 Å². The van der Waals surface area contributed by atoms with Crippen molar-refractivity contribution in [1.29, 1.82) is 0 Å². The van der Waals surface area contributed by atoms with Gasteiger partial charge in [0.15, 0.2) is 11.0 Å². The highest BCUT2D eigenvalue weighted by Gasteiger charge is 2.23. The number of thioether (sulfide) groups is 1. The zero-order chi connectivity index (χ0) is 24.8. The van der Waals surface area contributed by atoms with Gasteiger partial charge in [0.2, 0.25) is 5.91 Å². The molecule has 0 atom stereocenters. The van der Waals surface area contributed by atoms with Crippen molar-refractivity contribution < 1.29 is 14.3 Å². The van der Waals surface area contributed by atoms with Crippen LogP contribution in [0.15, 0.2) is 52.3 Å². The van der Waals surface area contributed by atoms with E-state index in [1.807, 2.05) is 35.7 Å². The number of anilines is 1. The SMILES string of the molecule is CCCn1c(SCC(=O)Nc2scc(-c3ccccc3)c2C(=O)OC)nnc1-c1csc(CC)c1. The Balaban J connectivity index is 1.50. The summed E-state index contributed by atoms with van der Waals surface area (Å²) in [7, 11) is 1.34. The van der Waals surface area contributed by atoms with E-state index in [1.54, 1.807) is 11.3 Å². The predicted molar refractivity (Wildman–Crippen MR) is 143 cm³/mol. The fourth-order valence-corrected chi connectivity index (χ4v) is 6.15. The third-order valence-corrected chi connectivity index (χ3v) is 8.22. The number of thiophene rings is 2. The second-order valence-corrected chi connectivity index (χ2v) is 10.5. The molecule has 0 saturated heterocycles. The highest BCUT2D eigenvalue weighted by Crippen LogP contribution is 2.36. The lowest BCUT2D eigenvalue weighted by atomic mass is 10.0. The first-order valence-corrected chi connectivity index (χ1v) is 14.0. The first-order chi connectivity index (χ1) is 17.0. The Morgan fingerprint density at radius 3 is 2.57 bits per heavy atom. The molecule has 0 radical (unpaired) electrons. The van der Waals surface area contributed by atoms with Crippen LogP contribution in [-0.4, -0.2) is 39.5 Å². The predicted octanol–water partition coefficient (Wildman–Crippen LogP) is 6.22. The van der Waals surface area contributed by atoms with Gasteiger partial charge in [0.1, 0.15) is 10.6 Å². The van der Waals surface area contributed by atoms with Gasteiger partial charge in [-0.15, -0.1) is 32.9 Å². The lowest BCUT2D eigenvalue weighted by molar-refractivity contribution is -0.113. The molecule has 10 heteroatoms. The number of ether oxygens (including phenoxy) is 1. The van der Waals surface area contributed by atoms with E-state index in [-0.39, 0.29) is 11.7 Å². The number of amides is 1. The molecule has 7 nitrogen and oxygen atoms in total. The van der Waals surface area contributed by atoms with Crippen LogP contribution in [0.1, 0.15) is 35.5 Å². The average Bonchev–Trinajstić information content (AvgIpc) is 3.61. The molecule has 0 spiro atoms. The van der Waals surface area contributed by atoms with Gasteiger partial charge in [-0.05, 0) is 24.5 Å². The van der Waals surface area contributed by atoms with Gasteiger partial charge in [0.25, 0.3) is 0 Å². The van der Waals surface area contributed by atoms with Gasteiger partial charge in [-0.2, -0.15) is 0 Å². The van der Waals surface area contributed by atoms with Crippen molar-refractivity contribution in [1.82, 2.24) is 14.8 Å². The van der Waals surface area contributed by atoms with Crippen molar-refractivity contribution in [3.8, 4) is 22.5 Å². The lowest BCUT2D eigenvalue weighted by Crippen LogP contribution is -2.16. The summed E-state index contributed by atoms with van der Waals surface area (Å²) in [4.78, 5) is 26.7. The molecule has 4 rings (SSSR count). The Kier molecular flexibility index (Phi) is 8.37. The van der Waals surface area contributed by atoms with Crippen LogP contribution in [0.4, 0.5) is 5.00 Å². The molecule has 1 N–H and O–H groups in total. The summed E-state index contributed by atoms with van der Waals surface area (Å²) >= 11 is 4.36. The smallest absolute Gasteiger partial charge is 0.341 e. The number of aryl methyl sites for hydroxylation is 1. The zero-order valence-electron chi connectivity index (χ0n) is 19.7. The van der Waals surface area contributed by atoms with Crippen LogP contribution in [0.5, 0.6) is 0 Å². The first kappa shape index (κ1) is 25.2. The van der Waals surface area contributed by atoms with Crippen molar-refractivity contribution in [3.05, 3.63) is 57.6 Å². The molecular weight excluding hydrogens is 501 g/mol. The summed E-state index contributed by atoms with van der Waals surface area (Å²) in [6.45, 7) is 5.00. The number of esters is 1. The van der Waals surface area contributed by atoms with Gasteiger partial charge < -0.3 is 14.6 Å². The number of nitrogens with zero attached hydrogens (tertiary/aromatic N) is 3. The summed E-state index contributed by atoms with van der Waals surface area (Å²) in [6.07, 6.45) is 1.91. The third kappa shape index (κ3) is 5.66.